The minimum absolute atomic E-state index is 0.138. The van der Waals surface area contributed by atoms with E-state index in [0.29, 0.717) is 17.4 Å². The summed E-state index contributed by atoms with van der Waals surface area (Å²) in [6, 6.07) is 0. The van der Waals surface area contributed by atoms with E-state index in [-0.39, 0.29) is 38.6 Å². The Morgan fingerprint density at radius 3 is 1.27 bits per heavy atom. The van der Waals surface area contributed by atoms with Crippen LogP contribution in [0, 0.1) is 0 Å². The summed E-state index contributed by atoms with van der Waals surface area (Å²) in [6.45, 7) is 4.58. The number of hydrogen-bond acceptors (Lipinski definition) is 8. The van der Waals surface area contributed by atoms with E-state index < -0.39 is 24.3 Å². The van der Waals surface area contributed by atoms with E-state index in [2.05, 4.69) is 111 Å². The predicted molar refractivity (Wildman–Crippen MR) is 278 cm³/mol. The molecule has 0 aliphatic heterocycles. The minimum Gasteiger partial charge on any atom is -0.545 e. The van der Waals surface area contributed by atoms with Gasteiger partial charge in [0.2, 0.25) is 0 Å². The second kappa shape index (κ2) is 48.7. The van der Waals surface area contributed by atoms with Crippen LogP contribution in [0.15, 0.2) is 97.2 Å². The fraction of sp³-hybridized carbons (Fsp3) is 0.672. The van der Waals surface area contributed by atoms with Crippen molar-refractivity contribution in [2.24, 2.45) is 0 Å². The van der Waals surface area contributed by atoms with Gasteiger partial charge in [-0.15, -0.1) is 0 Å². The first kappa shape index (κ1) is 63.2. The van der Waals surface area contributed by atoms with Crippen LogP contribution in [0.3, 0.4) is 0 Å². The van der Waals surface area contributed by atoms with E-state index in [0.717, 1.165) is 96.3 Å². The Bertz CT molecular complexity index is 1420. The Morgan fingerprint density at radius 2 is 0.851 bits per heavy atom. The molecule has 0 radical (unpaired) electrons. The Balaban J connectivity index is 4.36. The summed E-state index contributed by atoms with van der Waals surface area (Å²) in [6.07, 6.45) is 61.6. The standard InChI is InChI=1S/C58H97NO8/c1-6-8-10-12-14-16-18-20-21-22-23-24-25-26-27-28-29-30-31-32-33-34-35-37-39-41-43-45-47-49-56(61)67-54(53-66-58(57(62)63)64-51-50-59(3,4)5)52-65-55(60)48-46-44-42-40-38-36-19-17-15-13-11-9-7-2/h8,10,14,16,20-21,23-24,26-27,29-30,32-33,35,37,54,58H,6-7,9,11-13,15,17-19,22,25,28,31,34,36,38-53H2,1-5H3/b10-8-,16-14-,21-20-,24-23-,27-26-,30-29-,33-32-,37-35-. The van der Waals surface area contributed by atoms with E-state index in [9.17, 15) is 19.5 Å². The van der Waals surface area contributed by atoms with Crippen molar-refractivity contribution < 1.29 is 42.9 Å². The molecule has 67 heavy (non-hydrogen) atoms. The van der Waals surface area contributed by atoms with Crippen LogP contribution in [0.4, 0.5) is 0 Å². The molecule has 382 valence electrons. The normalized spacial score (nSPS) is 13.6. The van der Waals surface area contributed by atoms with Gasteiger partial charge in [-0.2, -0.15) is 0 Å². The molecule has 0 bridgehead atoms. The largest absolute Gasteiger partial charge is 0.545 e. The van der Waals surface area contributed by atoms with Gasteiger partial charge in [-0.05, 0) is 77.0 Å². The highest BCUT2D eigenvalue weighted by Gasteiger charge is 2.21. The number of unbranched alkanes of at least 4 members (excludes halogenated alkanes) is 16. The molecule has 0 saturated carbocycles. The van der Waals surface area contributed by atoms with Crippen molar-refractivity contribution in [3.8, 4) is 0 Å². The average molecular weight is 936 g/mol. The number of carbonyl (C=O) groups is 3. The summed E-state index contributed by atoms with van der Waals surface area (Å²) in [5.41, 5.74) is 0. The van der Waals surface area contributed by atoms with Crippen LogP contribution in [-0.2, 0) is 33.3 Å². The van der Waals surface area contributed by atoms with Crippen LogP contribution in [0.1, 0.15) is 194 Å². The monoisotopic (exact) mass is 936 g/mol. The third-order valence-corrected chi connectivity index (χ3v) is 10.8. The second-order valence-corrected chi connectivity index (χ2v) is 18.4. The molecule has 0 aliphatic carbocycles. The third-order valence-electron chi connectivity index (χ3n) is 10.8. The fourth-order valence-electron chi connectivity index (χ4n) is 6.79. The Hall–Kier alpha value is -3.79. The van der Waals surface area contributed by atoms with Crippen LogP contribution in [0.25, 0.3) is 0 Å². The molecule has 0 amide bonds. The topological polar surface area (TPSA) is 111 Å². The zero-order valence-electron chi connectivity index (χ0n) is 43.2. The van der Waals surface area contributed by atoms with E-state index in [4.69, 9.17) is 18.9 Å². The summed E-state index contributed by atoms with van der Waals surface area (Å²) in [5, 5.41) is 11.7. The van der Waals surface area contributed by atoms with Gasteiger partial charge in [0.25, 0.3) is 0 Å². The van der Waals surface area contributed by atoms with E-state index in [1.807, 2.05) is 21.1 Å². The molecule has 0 aromatic heterocycles. The summed E-state index contributed by atoms with van der Waals surface area (Å²) in [4.78, 5) is 37.1. The molecule has 0 aliphatic rings. The van der Waals surface area contributed by atoms with E-state index in [1.54, 1.807) is 0 Å². The highest BCUT2D eigenvalue weighted by Crippen LogP contribution is 2.14. The quantitative estimate of drug-likeness (QED) is 0.0195. The van der Waals surface area contributed by atoms with Gasteiger partial charge in [-0.3, -0.25) is 9.59 Å². The van der Waals surface area contributed by atoms with Gasteiger partial charge in [-0.1, -0.05) is 201 Å². The number of likely N-dealkylation sites (N-methyl/N-ethyl adjacent to an activating group) is 1. The van der Waals surface area contributed by atoms with Crippen molar-refractivity contribution in [2.45, 2.75) is 206 Å². The molecule has 0 saturated heterocycles. The Morgan fingerprint density at radius 1 is 0.463 bits per heavy atom. The van der Waals surface area contributed by atoms with E-state index in [1.165, 1.54) is 64.2 Å². The van der Waals surface area contributed by atoms with Crippen molar-refractivity contribution in [1.82, 2.24) is 0 Å². The summed E-state index contributed by atoms with van der Waals surface area (Å²) >= 11 is 0. The second-order valence-electron chi connectivity index (χ2n) is 18.4. The number of esters is 2. The summed E-state index contributed by atoms with van der Waals surface area (Å²) in [7, 11) is 5.90. The van der Waals surface area contributed by atoms with Gasteiger partial charge < -0.3 is 33.3 Å². The van der Waals surface area contributed by atoms with Crippen molar-refractivity contribution in [1.29, 1.82) is 0 Å². The number of ether oxygens (including phenoxy) is 4. The molecule has 0 aromatic rings. The summed E-state index contributed by atoms with van der Waals surface area (Å²) in [5.74, 6) is -2.33. The maximum atomic E-state index is 12.8. The molecule has 0 spiro atoms. The van der Waals surface area contributed by atoms with Crippen molar-refractivity contribution in [3.63, 3.8) is 0 Å². The third kappa shape index (κ3) is 49.9. The molecular formula is C58H97NO8. The van der Waals surface area contributed by atoms with Gasteiger partial charge in [0.15, 0.2) is 12.4 Å². The SMILES string of the molecule is CC/C=C\C/C=C\C/C=C\C/C=C\C/C=C\C/C=C\C/C=C\C/C=C\CCCCCCC(=O)OC(COC(=O)CCCCCCCCCCCCCCC)COC(OCC[N+](C)(C)C)C(=O)[O-]. The fourth-order valence-corrected chi connectivity index (χ4v) is 6.79. The first-order chi connectivity index (χ1) is 32.6. The van der Waals surface area contributed by atoms with Crippen molar-refractivity contribution >= 4 is 17.9 Å². The number of quaternary nitrogens is 1. The number of hydrogen-bond donors (Lipinski definition) is 0. The number of carbonyl (C=O) groups excluding carboxylic acids is 3. The zero-order chi connectivity index (χ0) is 49.2. The molecule has 0 rings (SSSR count). The zero-order valence-corrected chi connectivity index (χ0v) is 43.2. The van der Waals surface area contributed by atoms with Gasteiger partial charge in [0, 0.05) is 12.8 Å². The van der Waals surface area contributed by atoms with Crippen LogP contribution in [0.5, 0.6) is 0 Å². The molecule has 9 heteroatoms. The molecule has 0 fully saturated rings. The van der Waals surface area contributed by atoms with Crippen LogP contribution >= 0.6 is 0 Å². The Kier molecular flexibility index (Phi) is 45.9. The van der Waals surface area contributed by atoms with Gasteiger partial charge in [-0.25, -0.2) is 0 Å². The maximum Gasteiger partial charge on any atom is 0.306 e. The number of carboxylic acid groups (broad SMARTS) is 1. The highest BCUT2D eigenvalue weighted by molar-refractivity contribution is 5.70. The maximum absolute atomic E-state index is 12.8. The molecule has 9 nitrogen and oxygen atoms in total. The lowest BCUT2D eigenvalue weighted by Gasteiger charge is -2.26. The van der Waals surface area contributed by atoms with Crippen molar-refractivity contribution in [3.05, 3.63) is 97.2 Å². The molecule has 0 aromatic carbocycles. The highest BCUT2D eigenvalue weighted by atomic mass is 16.7. The first-order valence-electron chi connectivity index (χ1n) is 26.4. The first-order valence-corrected chi connectivity index (χ1v) is 26.4. The molecule has 2 atom stereocenters. The molecule has 0 heterocycles. The number of nitrogens with zero attached hydrogens (tertiary/aromatic N) is 1. The minimum atomic E-state index is -1.63. The number of rotatable bonds is 47. The molecule has 0 N–H and O–H groups in total. The number of aliphatic carboxylic acids is 1. The lowest BCUT2D eigenvalue weighted by atomic mass is 10.0. The van der Waals surface area contributed by atoms with Gasteiger partial charge >= 0.3 is 11.9 Å². The average Bonchev–Trinajstić information content (AvgIpc) is 3.29. The smallest absolute Gasteiger partial charge is 0.306 e. The predicted octanol–water partition coefficient (Wildman–Crippen LogP) is 13.7. The summed E-state index contributed by atoms with van der Waals surface area (Å²) < 4.78 is 22.6. The van der Waals surface area contributed by atoms with Gasteiger partial charge in [0.1, 0.15) is 13.2 Å². The van der Waals surface area contributed by atoms with Crippen LogP contribution in [-0.4, -0.2) is 82.3 Å². The van der Waals surface area contributed by atoms with Crippen LogP contribution < -0.4 is 5.11 Å². The number of allylic oxidation sites excluding steroid dienone is 16. The van der Waals surface area contributed by atoms with Gasteiger partial charge in [0.05, 0.1) is 40.3 Å². The van der Waals surface area contributed by atoms with Crippen molar-refractivity contribution in [2.75, 3.05) is 47.5 Å². The van der Waals surface area contributed by atoms with Crippen LogP contribution in [0.2, 0.25) is 0 Å². The lowest BCUT2D eigenvalue weighted by Crippen LogP contribution is -2.44. The Labute approximate surface area is 410 Å². The molecule has 2 unspecified atom stereocenters. The number of carboxylic acids is 1. The lowest BCUT2D eigenvalue weighted by molar-refractivity contribution is -0.870. The van der Waals surface area contributed by atoms with E-state index >= 15 is 0 Å². The molecular weight excluding hydrogens is 839 g/mol.